The van der Waals surface area contributed by atoms with E-state index in [1.165, 1.54) is 89.9 Å². The van der Waals surface area contributed by atoms with E-state index >= 15 is 0 Å². The van der Waals surface area contributed by atoms with Crippen LogP contribution in [0.2, 0.25) is 0 Å². The Bertz CT molecular complexity index is 1090. The third-order valence-electron chi connectivity index (χ3n) is 9.59. The maximum absolute atomic E-state index is 12.7. The van der Waals surface area contributed by atoms with Crippen LogP contribution in [0.1, 0.15) is 181 Å². The van der Waals surface area contributed by atoms with Crippen LogP contribution in [-0.4, -0.2) is 75.6 Å². The molecule has 332 valence electrons. The molecule has 0 aliphatic carbocycles. The van der Waals surface area contributed by atoms with Gasteiger partial charge in [-0.15, -0.1) is 0 Å². The molecule has 0 fully saturated rings. The van der Waals surface area contributed by atoms with Crippen LogP contribution in [0, 0.1) is 0 Å². The summed E-state index contributed by atoms with van der Waals surface area (Å²) in [5.74, 6) is -0.344. The van der Waals surface area contributed by atoms with Gasteiger partial charge in [-0.25, -0.2) is 4.57 Å². The van der Waals surface area contributed by atoms with Crippen molar-refractivity contribution in [1.29, 1.82) is 0 Å². The van der Waals surface area contributed by atoms with E-state index in [1.54, 1.807) is 0 Å². The van der Waals surface area contributed by atoms with E-state index < -0.39 is 13.9 Å². The quantitative estimate of drug-likeness (QED) is 0.0215. The minimum Gasteiger partial charge on any atom is -0.457 e. The van der Waals surface area contributed by atoms with E-state index in [9.17, 15) is 14.3 Å². The molecule has 2 atom stereocenters. The predicted molar refractivity (Wildman–Crippen MR) is 242 cm³/mol. The summed E-state index contributed by atoms with van der Waals surface area (Å²) in [6.07, 6.45) is 51.1. The summed E-state index contributed by atoms with van der Waals surface area (Å²) < 4.78 is 35.0. The molecule has 0 heterocycles. The van der Waals surface area contributed by atoms with Crippen LogP contribution in [0.4, 0.5) is 0 Å². The zero-order valence-electron chi connectivity index (χ0n) is 37.6. The van der Waals surface area contributed by atoms with Crippen molar-refractivity contribution in [3.05, 3.63) is 60.8 Å². The smallest absolute Gasteiger partial charge is 0.457 e. The number of phosphoric ester groups is 1. The van der Waals surface area contributed by atoms with Crippen LogP contribution in [0.3, 0.4) is 0 Å². The zero-order valence-corrected chi connectivity index (χ0v) is 38.5. The monoisotopic (exact) mass is 823 g/mol. The Morgan fingerprint density at radius 1 is 0.561 bits per heavy atom. The normalized spacial score (nSPS) is 14.3. The fourth-order valence-corrected chi connectivity index (χ4v) is 6.79. The first-order chi connectivity index (χ1) is 27.6. The number of nitrogens with zero attached hydrogens (tertiary/aromatic N) is 1. The maximum Gasteiger partial charge on any atom is 0.472 e. The van der Waals surface area contributed by atoms with Gasteiger partial charge in [0.1, 0.15) is 19.3 Å². The van der Waals surface area contributed by atoms with Crippen molar-refractivity contribution in [2.75, 3.05) is 54.1 Å². The van der Waals surface area contributed by atoms with Crippen molar-refractivity contribution in [3.8, 4) is 0 Å². The molecule has 0 radical (unpaired) electrons. The Balaban J connectivity index is 4.28. The highest BCUT2D eigenvalue weighted by Gasteiger charge is 2.26. The molecule has 0 saturated carbocycles. The number of ether oxygens (including phenoxy) is 2. The van der Waals surface area contributed by atoms with E-state index in [0.29, 0.717) is 17.6 Å². The van der Waals surface area contributed by atoms with Crippen LogP contribution >= 0.6 is 7.82 Å². The molecule has 1 N–H and O–H groups in total. The van der Waals surface area contributed by atoms with Crippen molar-refractivity contribution >= 4 is 13.8 Å². The Kier molecular flexibility index (Phi) is 39.7. The molecule has 1 unspecified atom stereocenters. The number of hydrogen-bond acceptors (Lipinski definition) is 6. The predicted octanol–water partition coefficient (Wildman–Crippen LogP) is 13.7. The molecular weight excluding hydrogens is 734 g/mol. The second kappa shape index (κ2) is 41.0. The fraction of sp³-hybridized carbons (Fsp3) is 0.771. The first kappa shape index (κ1) is 55.2. The summed E-state index contributed by atoms with van der Waals surface area (Å²) in [5, 5.41) is 0. The first-order valence-corrected chi connectivity index (χ1v) is 24.5. The minimum absolute atomic E-state index is 0.0805. The number of hydrogen-bond donors (Lipinski definition) is 1. The molecule has 0 saturated heterocycles. The highest BCUT2D eigenvalue weighted by atomic mass is 31.2. The van der Waals surface area contributed by atoms with E-state index in [0.717, 1.165) is 70.6 Å². The minimum atomic E-state index is -4.29. The second-order valence-corrected chi connectivity index (χ2v) is 17.9. The number of unbranched alkanes of at least 4 members (excludes halogenated alkanes) is 18. The summed E-state index contributed by atoms with van der Waals surface area (Å²) >= 11 is 0. The highest BCUT2D eigenvalue weighted by molar-refractivity contribution is 7.47. The largest absolute Gasteiger partial charge is 0.472 e. The molecule has 0 amide bonds. The van der Waals surface area contributed by atoms with Gasteiger partial charge in [-0.3, -0.25) is 13.8 Å². The van der Waals surface area contributed by atoms with Gasteiger partial charge < -0.3 is 18.9 Å². The number of rotatable bonds is 42. The molecule has 0 spiro atoms. The molecule has 0 aromatic rings. The standard InChI is InChI=1S/C48H88NO7P/c1-6-8-10-12-14-16-18-20-22-24-25-26-27-29-31-33-35-37-39-41-48(50)56-47(46-55-57(51,52)54-44-42-49(3,4)5)45-53-43-40-38-36-34-32-30-28-23-21-19-17-15-13-11-9-7-2/h8,10,14,16,20,22,25-26,29,31,47H,6-7,9,11-13,15,17-19,21,23-24,27-28,30,32-46H2,1-5H3/p+1/b10-8-,16-14-,22-20-,26-25-,31-29-/t47-/m1/s1. The Morgan fingerprint density at radius 3 is 1.51 bits per heavy atom. The fourth-order valence-electron chi connectivity index (χ4n) is 6.05. The number of phosphoric acid groups is 1. The SMILES string of the molecule is CC/C=C\C/C=C\C/C=C\C/C=C\C/C=C\CCCCCC(=O)O[C@H](COCCCCCCCCCCCCCCCCCC)COP(=O)(O)OCC[N+](C)(C)C. The van der Waals surface area contributed by atoms with E-state index in [1.807, 2.05) is 21.1 Å². The van der Waals surface area contributed by atoms with Crippen molar-refractivity contribution in [2.45, 2.75) is 187 Å². The van der Waals surface area contributed by atoms with Crippen LogP contribution in [0.25, 0.3) is 0 Å². The lowest BCUT2D eigenvalue weighted by Gasteiger charge is -2.24. The molecule has 0 bridgehead atoms. The Hall–Kier alpha value is -1.80. The Morgan fingerprint density at radius 2 is 1.02 bits per heavy atom. The molecule has 0 aromatic heterocycles. The van der Waals surface area contributed by atoms with Gasteiger partial charge in [-0.1, -0.05) is 177 Å². The molecule has 57 heavy (non-hydrogen) atoms. The van der Waals surface area contributed by atoms with E-state index in [-0.39, 0.29) is 32.2 Å². The molecular formula is C48H89NO7P+. The summed E-state index contributed by atoms with van der Waals surface area (Å²) in [6, 6.07) is 0. The van der Waals surface area contributed by atoms with Crippen molar-refractivity contribution < 1.29 is 37.3 Å². The lowest BCUT2D eigenvalue weighted by Crippen LogP contribution is -2.37. The molecule has 0 aliphatic heterocycles. The van der Waals surface area contributed by atoms with Crippen molar-refractivity contribution in [2.24, 2.45) is 0 Å². The van der Waals surface area contributed by atoms with Crippen molar-refractivity contribution in [1.82, 2.24) is 0 Å². The van der Waals surface area contributed by atoms with Crippen molar-refractivity contribution in [3.63, 3.8) is 0 Å². The van der Waals surface area contributed by atoms with Gasteiger partial charge >= 0.3 is 13.8 Å². The summed E-state index contributed by atoms with van der Waals surface area (Å²) in [5.41, 5.74) is 0. The van der Waals surface area contributed by atoms with Gasteiger partial charge in [0, 0.05) is 13.0 Å². The number of likely N-dealkylation sites (N-methyl/N-ethyl adjacent to an activating group) is 1. The number of quaternary nitrogens is 1. The number of carbonyl (C=O) groups is 1. The molecule has 9 heteroatoms. The second-order valence-electron chi connectivity index (χ2n) is 16.4. The average molecular weight is 823 g/mol. The average Bonchev–Trinajstić information content (AvgIpc) is 3.16. The first-order valence-electron chi connectivity index (χ1n) is 23.0. The van der Waals surface area contributed by atoms with E-state index in [4.69, 9.17) is 18.5 Å². The van der Waals surface area contributed by atoms with Crippen LogP contribution in [0.15, 0.2) is 60.8 Å². The van der Waals surface area contributed by atoms with Gasteiger partial charge in [0.25, 0.3) is 0 Å². The number of allylic oxidation sites excluding steroid dienone is 10. The third-order valence-corrected chi connectivity index (χ3v) is 10.6. The number of carbonyl (C=O) groups excluding carboxylic acids is 1. The number of esters is 1. The topological polar surface area (TPSA) is 91.3 Å². The lowest BCUT2D eigenvalue weighted by atomic mass is 10.0. The zero-order chi connectivity index (χ0) is 42.0. The van der Waals surface area contributed by atoms with Gasteiger partial charge in [0.05, 0.1) is 34.4 Å². The van der Waals surface area contributed by atoms with Gasteiger partial charge in [-0.05, 0) is 57.8 Å². The molecule has 0 rings (SSSR count). The molecule has 0 aliphatic rings. The van der Waals surface area contributed by atoms with Crippen LogP contribution in [0.5, 0.6) is 0 Å². The summed E-state index contributed by atoms with van der Waals surface area (Å²) in [7, 11) is 1.64. The van der Waals surface area contributed by atoms with Gasteiger partial charge in [0.15, 0.2) is 0 Å². The van der Waals surface area contributed by atoms with Gasteiger partial charge in [0.2, 0.25) is 0 Å². The molecule has 8 nitrogen and oxygen atoms in total. The summed E-state index contributed by atoms with van der Waals surface area (Å²) in [4.78, 5) is 22.9. The van der Waals surface area contributed by atoms with Gasteiger partial charge in [-0.2, -0.15) is 0 Å². The van der Waals surface area contributed by atoms with E-state index in [2.05, 4.69) is 74.6 Å². The summed E-state index contributed by atoms with van der Waals surface area (Å²) in [6.45, 7) is 5.47. The third kappa shape index (κ3) is 45.1. The molecule has 0 aromatic carbocycles. The Labute approximate surface area is 351 Å². The highest BCUT2D eigenvalue weighted by Crippen LogP contribution is 2.43. The maximum atomic E-state index is 12.7. The van der Waals surface area contributed by atoms with Crippen LogP contribution < -0.4 is 0 Å². The lowest BCUT2D eigenvalue weighted by molar-refractivity contribution is -0.870. The van der Waals surface area contributed by atoms with Crippen LogP contribution in [-0.2, 0) is 27.9 Å².